The van der Waals surface area contributed by atoms with Gasteiger partial charge < -0.3 is 13.6 Å². The third kappa shape index (κ3) is 5.58. The predicted molar refractivity (Wildman–Crippen MR) is 256 cm³/mol. The van der Waals surface area contributed by atoms with Gasteiger partial charge in [-0.2, -0.15) is 4.90 Å². The molecule has 0 spiro atoms. The Kier molecular flexibility index (Phi) is 8.05. The summed E-state index contributed by atoms with van der Waals surface area (Å²) in [4.78, 5) is 1.83. The number of aromatic nitrogens is 2. The summed E-state index contributed by atoms with van der Waals surface area (Å²) in [5.41, 5.74) is 13.0. The first-order valence-electron chi connectivity index (χ1n) is 20.8. The van der Waals surface area contributed by atoms with Gasteiger partial charge in [0, 0.05) is 55.3 Å². The van der Waals surface area contributed by atoms with Crippen LogP contribution in [0.5, 0.6) is 0 Å². The van der Waals surface area contributed by atoms with Crippen molar-refractivity contribution >= 4 is 82.9 Å². The molecule has 9 aromatic carbocycles. The SMILES string of the molecule is N=C(c1ccc2c(c1)c1ccccc1n2-c1cccc(-c2cccc(-n3c4ccccc4c4cc5c(cc43)oc3ccccc35)c2)c1)N(C(=[NH2+])c1ccccc1)c1ccccc1. The van der Waals surface area contributed by atoms with Crippen molar-refractivity contribution in [3.8, 4) is 22.5 Å². The van der Waals surface area contributed by atoms with E-state index in [-0.39, 0.29) is 0 Å². The third-order valence-corrected chi connectivity index (χ3v) is 12.2. The molecule has 0 aliphatic heterocycles. The largest absolute Gasteiger partial charge is 0.456 e. The number of nitrogens with zero attached hydrogens (tertiary/aromatic N) is 3. The number of nitrogens with one attached hydrogen (secondary N) is 1. The molecule has 0 aliphatic carbocycles. The second kappa shape index (κ2) is 14.1. The van der Waals surface area contributed by atoms with Gasteiger partial charge >= 0.3 is 0 Å². The molecule has 3 heterocycles. The van der Waals surface area contributed by atoms with Gasteiger partial charge in [0.2, 0.25) is 5.84 Å². The molecule has 12 rings (SSSR count). The smallest absolute Gasteiger partial charge is 0.286 e. The van der Waals surface area contributed by atoms with Gasteiger partial charge in [0.25, 0.3) is 5.84 Å². The van der Waals surface area contributed by atoms with Crippen LogP contribution < -0.4 is 10.3 Å². The van der Waals surface area contributed by atoms with Gasteiger partial charge in [-0.3, -0.25) is 10.8 Å². The quantitative estimate of drug-likeness (QED) is 0.130. The molecule has 292 valence electrons. The number of nitrogens with two attached hydrogens (primary N) is 1. The number of para-hydroxylation sites is 4. The molecule has 3 N–H and O–H groups in total. The minimum Gasteiger partial charge on any atom is -0.456 e. The first kappa shape index (κ1) is 35.5. The predicted octanol–water partition coefficient (Wildman–Crippen LogP) is 12.5. The molecule has 12 aromatic rings. The van der Waals surface area contributed by atoms with Crippen LogP contribution in [0, 0.1) is 5.41 Å². The highest BCUT2D eigenvalue weighted by Crippen LogP contribution is 2.40. The molecule has 0 unspecified atom stereocenters. The van der Waals surface area contributed by atoms with Crippen molar-refractivity contribution in [2.75, 3.05) is 4.90 Å². The lowest BCUT2D eigenvalue weighted by Gasteiger charge is -2.18. The van der Waals surface area contributed by atoms with E-state index in [0.717, 1.165) is 94.1 Å². The van der Waals surface area contributed by atoms with Crippen molar-refractivity contribution in [2.24, 2.45) is 0 Å². The normalized spacial score (nSPS) is 11.7. The average molecular weight is 797 g/mol. The summed E-state index contributed by atoms with van der Waals surface area (Å²) in [5, 5.41) is 23.3. The summed E-state index contributed by atoms with van der Waals surface area (Å²) in [6, 6.07) is 73.5. The van der Waals surface area contributed by atoms with Crippen molar-refractivity contribution in [3.63, 3.8) is 0 Å². The van der Waals surface area contributed by atoms with Crippen LogP contribution in [0.25, 0.3) is 88.1 Å². The fraction of sp³-hybridized carbons (Fsp3) is 0. The standard InChI is InChI=1S/C56H37N5O/c57-55(36-15-3-1-4-16-36)61(40-19-5-2-6-20-40)56(58)39-29-30-51-46(33-39)43-23-7-10-26-49(43)59(51)41-21-13-17-37(31-41)38-18-14-22-42(32-38)60-50-27-11-8-24-44(50)47-34-48-45-25-9-12-28-53(45)62-54(48)35-52(47)60/h1-35,57-58H/p+1. The van der Waals surface area contributed by atoms with Crippen LogP contribution >= 0.6 is 0 Å². The first-order valence-corrected chi connectivity index (χ1v) is 20.8. The van der Waals surface area contributed by atoms with Gasteiger partial charge in [-0.05, 0) is 102 Å². The lowest BCUT2D eigenvalue weighted by Crippen LogP contribution is -2.54. The van der Waals surface area contributed by atoms with Crippen LogP contribution in [0.15, 0.2) is 217 Å². The minimum absolute atomic E-state index is 0.295. The zero-order chi connectivity index (χ0) is 41.3. The van der Waals surface area contributed by atoms with Gasteiger partial charge in [0.1, 0.15) is 16.9 Å². The van der Waals surface area contributed by atoms with Crippen molar-refractivity contribution in [3.05, 3.63) is 223 Å². The monoisotopic (exact) mass is 796 g/mol. The zero-order valence-corrected chi connectivity index (χ0v) is 33.5. The average Bonchev–Trinajstić information content (AvgIpc) is 3.98. The Morgan fingerprint density at radius 2 is 0.952 bits per heavy atom. The number of benzene rings is 9. The van der Waals surface area contributed by atoms with E-state index in [1.54, 1.807) is 0 Å². The van der Waals surface area contributed by atoms with Crippen molar-refractivity contribution in [2.45, 2.75) is 0 Å². The molecule has 0 fully saturated rings. The summed E-state index contributed by atoms with van der Waals surface area (Å²) in [6.07, 6.45) is 0. The number of anilines is 1. The van der Waals surface area contributed by atoms with E-state index < -0.39 is 0 Å². The number of fused-ring (bicyclic) bond motifs is 9. The van der Waals surface area contributed by atoms with E-state index in [0.29, 0.717) is 11.7 Å². The van der Waals surface area contributed by atoms with Crippen LogP contribution in [-0.4, -0.2) is 20.8 Å². The second-order valence-corrected chi connectivity index (χ2v) is 15.8. The summed E-state index contributed by atoms with van der Waals surface area (Å²) >= 11 is 0. The summed E-state index contributed by atoms with van der Waals surface area (Å²) in [5.74, 6) is 0.787. The number of amidine groups is 2. The van der Waals surface area contributed by atoms with Crippen molar-refractivity contribution in [1.82, 2.24) is 9.13 Å². The number of hydrogen-bond donors (Lipinski definition) is 2. The van der Waals surface area contributed by atoms with Crippen molar-refractivity contribution in [1.29, 1.82) is 5.41 Å². The van der Waals surface area contributed by atoms with Crippen LogP contribution in [0.3, 0.4) is 0 Å². The number of furan rings is 1. The summed E-state index contributed by atoms with van der Waals surface area (Å²) in [7, 11) is 0. The molecule has 62 heavy (non-hydrogen) atoms. The molecule has 6 heteroatoms. The highest BCUT2D eigenvalue weighted by Gasteiger charge is 2.29. The highest BCUT2D eigenvalue weighted by atomic mass is 16.3. The van der Waals surface area contributed by atoms with E-state index in [1.165, 1.54) is 10.8 Å². The molecule has 0 saturated carbocycles. The Hall–Kier alpha value is -8.48. The maximum atomic E-state index is 9.61. The Morgan fingerprint density at radius 3 is 1.63 bits per heavy atom. The molecule has 0 aliphatic rings. The van der Waals surface area contributed by atoms with Crippen LogP contribution in [0.1, 0.15) is 11.1 Å². The molecular weight excluding hydrogens is 759 g/mol. The van der Waals surface area contributed by atoms with Gasteiger partial charge in [0.15, 0.2) is 0 Å². The van der Waals surface area contributed by atoms with E-state index in [9.17, 15) is 5.41 Å². The molecule has 0 atom stereocenters. The fourth-order valence-electron chi connectivity index (χ4n) is 9.35. The van der Waals surface area contributed by atoms with Crippen molar-refractivity contribution < 1.29 is 9.83 Å². The van der Waals surface area contributed by atoms with E-state index in [2.05, 4.69) is 143 Å². The molecular formula is C56H38N5O+. The zero-order valence-electron chi connectivity index (χ0n) is 33.5. The Morgan fingerprint density at radius 1 is 0.403 bits per heavy atom. The molecule has 3 aromatic heterocycles. The Balaban J connectivity index is 0.960. The van der Waals surface area contributed by atoms with Crippen LogP contribution in [0.4, 0.5) is 5.69 Å². The lowest BCUT2D eigenvalue weighted by atomic mass is 10.0. The lowest BCUT2D eigenvalue weighted by molar-refractivity contribution is -0.113. The molecule has 6 nitrogen and oxygen atoms in total. The van der Waals surface area contributed by atoms with Crippen LogP contribution in [-0.2, 0) is 0 Å². The van der Waals surface area contributed by atoms with E-state index in [4.69, 9.17) is 9.83 Å². The maximum Gasteiger partial charge on any atom is 0.286 e. The van der Waals surface area contributed by atoms with Gasteiger partial charge in [-0.15, -0.1) is 0 Å². The number of rotatable bonds is 6. The summed E-state index contributed by atoms with van der Waals surface area (Å²) in [6.45, 7) is 0. The van der Waals surface area contributed by atoms with E-state index in [1.807, 2.05) is 83.8 Å². The first-order chi connectivity index (χ1) is 30.6. The minimum atomic E-state index is 0.295. The fourth-order valence-corrected chi connectivity index (χ4v) is 9.35. The van der Waals surface area contributed by atoms with Gasteiger partial charge in [-0.25, -0.2) is 0 Å². The molecule has 0 bridgehead atoms. The third-order valence-electron chi connectivity index (χ3n) is 12.2. The second-order valence-electron chi connectivity index (χ2n) is 15.8. The van der Waals surface area contributed by atoms with E-state index >= 15 is 0 Å². The summed E-state index contributed by atoms with van der Waals surface area (Å²) < 4.78 is 11.1. The van der Waals surface area contributed by atoms with Gasteiger partial charge in [-0.1, -0.05) is 115 Å². The topological polar surface area (TPSA) is 75.7 Å². The highest BCUT2D eigenvalue weighted by molar-refractivity contribution is 6.27. The van der Waals surface area contributed by atoms with Gasteiger partial charge in [0.05, 0.1) is 27.6 Å². The molecule has 0 amide bonds. The Bertz CT molecular complexity index is 3740. The number of hydrogen-bond acceptors (Lipinski definition) is 2. The Labute approximate surface area is 356 Å². The molecule has 0 saturated heterocycles. The molecule has 0 radical (unpaired) electrons. The van der Waals surface area contributed by atoms with Crippen LogP contribution in [0.2, 0.25) is 0 Å². The maximum absolute atomic E-state index is 9.61.